The molecule has 2 aromatic rings. The van der Waals surface area contributed by atoms with Gasteiger partial charge in [0.1, 0.15) is 5.75 Å². The van der Waals surface area contributed by atoms with Gasteiger partial charge in [0.05, 0.1) is 10.6 Å². The van der Waals surface area contributed by atoms with Gasteiger partial charge in [0, 0.05) is 5.69 Å². The van der Waals surface area contributed by atoms with Crippen LogP contribution in [0, 0.1) is 0 Å². The van der Waals surface area contributed by atoms with Crippen molar-refractivity contribution >= 4 is 52.4 Å². The number of hydrogen-bond donors (Lipinski definition) is 2. The molecule has 0 aliphatic rings. The fourth-order valence-corrected chi connectivity index (χ4v) is 2.14. The van der Waals surface area contributed by atoms with Gasteiger partial charge in [-0.15, -0.1) is 0 Å². The highest BCUT2D eigenvalue weighted by atomic mass is 35.5. The first kappa shape index (κ1) is 20.2. The van der Waals surface area contributed by atoms with Crippen LogP contribution in [0.2, 0.25) is 5.02 Å². The minimum absolute atomic E-state index is 0.121. The number of ether oxygens (including phenoxy) is 1. The Hall–Kier alpha value is -2.09. The summed E-state index contributed by atoms with van der Waals surface area (Å²) in [5.41, 5.74) is -2.19. The second kappa shape index (κ2) is 8.53. The summed E-state index contributed by atoms with van der Waals surface area (Å²) in [6.07, 6.45) is 0. The molecule has 0 heterocycles. The van der Waals surface area contributed by atoms with E-state index in [1.165, 1.54) is 36.4 Å². The minimum Gasteiger partial charge on any atom is -0.442 e. The number of amides is 3. The molecule has 0 aromatic heterocycles. The lowest BCUT2D eigenvalue weighted by Gasteiger charge is -2.19. The van der Waals surface area contributed by atoms with Gasteiger partial charge in [0.25, 0.3) is 11.5 Å². The van der Waals surface area contributed by atoms with E-state index in [1.54, 1.807) is 12.1 Å². The van der Waals surface area contributed by atoms with Crippen molar-refractivity contribution < 1.29 is 23.1 Å². The van der Waals surface area contributed by atoms with E-state index in [9.17, 15) is 18.4 Å². The van der Waals surface area contributed by atoms with E-state index in [0.29, 0.717) is 0 Å². The van der Waals surface area contributed by atoms with Crippen molar-refractivity contribution in [3.05, 3.63) is 59.1 Å². The second-order valence-electron chi connectivity index (χ2n) is 4.88. The molecule has 2 rings (SSSR count). The van der Waals surface area contributed by atoms with Crippen LogP contribution in [0.3, 0.4) is 0 Å². The molecule has 0 aliphatic heterocycles. The van der Waals surface area contributed by atoms with Crippen LogP contribution in [0.25, 0.3) is 0 Å². The highest BCUT2D eigenvalue weighted by Crippen LogP contribution is 2.31. The molecule has 2 N–H and O–H groups in total. The molecule has 0 aliphatic carbocycles. The maximum absolute atomic E-state index is 13.5. The number of alkyl halides is 4. The van der Waals surface area contributed by atoms with Crippen LogP contribution in [0.4, 0.5) is 19.3 Å². The molecule has 2 unspecified atom stereocenters. The zero-order valence-electron chi connectivity index (χ0n) is 12.8. The van der Waals surface area contributed by atoms with Gasteiger partial charge in [-0.1, -0.05) is 35.3 Å². The van der Waals surface area contributed by atoms with E-state index in [2.05, 4.69) is 15.4 Å². The topological polar surface area (TPSA) is 67.4 Å². The van der Waals surface area contributed by atoms with Gasteiger partial charge in [-0.25, -0.2) is 9.18 Å². The van der Waals surface area contributed by atoms with E-state index >= 15 is 0 Å². The van der Waals surface area contributed by atoms with Gasteiger partial charge in [0.15, 0.2) is 0 Å². The van der Waals surface area contributed by atoms with Gasteiger partial charge < -0.3 is 10.1 Å². The molecule has 0 spiro atoms. The Kier molecular flexibility index (Phi) is 6.63. The van der Waals surface area contributed by atoms with Crippen LogP contribution >= 0.6 is 34.8 Å². The molecular weight excluding hydrogens is 413 g/mol. The molecule has 2 atom stereocenters. The van der Waals surface area contributed by atoms with Crippen molar-refractivity contribution in [3.8, 4) is 5.75 Å². The fourth-order valence-electron chi connectivity index (χ4n) is 1.79. The minimum atomic E-state index is -3.23. The monoisotopic (exact) mass is 422 g/mol. The molecular formula is C16H11Cl3F2N2O3. The quantitative estimate of drug-likeness (QED) is 0.659. The van der Waals surface area contributed by atoms with Gasteiger partial charge >= 0.3 is 11.3 Å². The summed E-state index contributed by atoms with van der Waals surface area (Å²) in [6.45, 7) is 0. The van der Waals surface area contributed by atoms with Crippen molar-refractivity contribution in [1.29, 1.82) is 0 Å². The maximum atomic E-state index is 13.5. The number of hydrogen-bond acceptors (Lipinski definition) is 3. The summed E-state index contributed by atoms with van der Waals surface area (Å²) in [5.74, 6) is -0.808. The summed E-state index contributed by atoms with van der Waals surface area (Å²) in [4.78, 5) is 23.8. The summed E-state index contributed by atoms with van der Waals surface area (Å²) in [6, 6.07) is 10.5. The average molecular weight is 424 g/mol. The number of imide groups is 1. The number of rotatable bonds is 5. The third kappa shape index (κ3) is 5.45. The van der Waals surface area contributed by atoms with E-state index < -0.39 is 22.9 Å². The standard InChI is InChI=1S/C16H11Cl3F2N2O3/c17-12-4-2-1-3-11(12)13(24)23-15(25)22-9-5-7-10(8-6-9)26-16(19,21)14(18)20/h1-8,14H,(H2,22,23,24,25). The zero-order valence-corrected chi connectivity index (χ0v) is 15.1. The molecule has 0 saturated heterocycles. The Balaban J connectivity index is 1.95. The third-order valence-electron chi connectivity index (χ3n) is 2.97. The van der Waals surface area contributed by atoms with Crippen molar-refractivity contribution in [2.45, 2.75) is 10.9 Å². The van der Waals surface area contributed by atoms with Gasteiger partial charge in [-0.05, 0) is 48.0 Å². The molecule has 5 nitrogen and oxygen atoms in total. The molecule has 10 heteroatoms. The van der Waals surface area contributed by atoms with Crippen LogP contribution < -0.4 is 15.4 Å². The molecule has 0 fully saturated rings. The highest BCUT2D eigenvalue weighted by Gasteiger charge is 2.39. The first-order valence-electron chi connectivity index (χ1n) is 7.01. The molecule has 26 heavy (non-hydrogen) atoms. The normalized spacial score (nSPS) is 14.0. The molecule has 2 aromatic carbocycles. The smallest absolute Gasteiger partial charge is 0.372 e. The Morgan fingerprint density at radius 1 is 1.12 bits per heavy atom. The Labute approximate surface area is 162 Å². The predicted molar refractivity (Wildman–Crippen MR) is 95.4 cm³/mol. The van der Waals surface area contributed by atoms with Gasteiger partial charge in [-0.3, -0.25) is 10.1 Å². The van der Waals surface area contributed by atoms with E-state index in [-0.39, 0.29) is 22.0 Å². The van der Waals surface area contributed by atoms with E-state index in [1.807, 2.05) is 0 Å². The van der Waals surface area contributed by atoms with E-state index in [0.717, 1.165) is 0 Å². The van der Waals surface area contributed by atoms with Crippen molar-refractivity contribution in [3.63, 3.8) is 0 Å². The Morgan fingerprint density at radius 2 is 1.73 bits per heavy atom. The summed E-state index contributed by atoms with van der Waals surface area (Å²) in [7, 11) is 0. The Bertz CT molecular complexity index is 802. The molecule has 0 radical (unpaired) electrons. The first-order valence-corrected chi connectivity index (χ1v) is 8.20. The third-order valence-corrected chi connectivity index (χ3v) is 3.96. The van der Waals surface area contributed by atoms with Gasteiger partial charge in [-0.2, -0.15) is 4.39 Å². The van der Waals surface area contributed by atoms with Crippen LogP contribution in [0.15, 0.2) is 48.5 Å². The number of benzene rings is 2. The maximum Gasteiger partial charge on any atom is 0.372 e. The summed E-state index contributed by atoms with van der Waals surface area (Å²) >= 11 is 15.9. The van der Waals surface area contributed by atoms with Crippen LogP contribution in [0.5, 0.6) is 5.75 Å². The lowest BCUT2D eigenvalue weighted by atomic mass is 10.2. The van der Waals surface area contributed by atoms with Gasteiger partial charge in [0.2, 0.25) is 0 Å². The first-order chi connectivity index (χ1) is 12.2. The number of carbonyl (C=O) groups excluding carboxylic acids is 2. The predicted octanol–water partition coefficient (Wildman–Crippen LogP) is 5.08. The van der Waals surface area contributed by atoms with E-state index in [4.69, 9.17) is 34.8 Å². The fraction of sp³-hybridized carbons (Fsp3) is 0.125. The molecule has 3 amide bonds. The van der Waals surface area contributed by atoms with Crippen molar-refractivity contribution in [1.82, 2.24) is 5.32 Å². The zero-order chi connectivity index (χ0) is 19.3. The number of carbonyl (C=O) groups is 2. The van der Waals surface area contributed by atoms with Crippen LogP contribution in [-0.4, -0.2) is 22.9 Å². The number of halogens is 5. The van der Waals surface area contributed by atoms with Crippen molar-refractivity contribution in [2.24, 2.45) is 0 Å². The average Bonchev–Trinajstić information content (AvgIpc) is 2.56. The SMILES string of the molecule is O=C(NC(=O)c1ccccc1Cl)Nc1ccc(OC(F)(Cl)C(F)Cl)cc1. The number of urea groups is 1. The van der Waals surface area contributed by atoms with Crippen molar-refractivity contribution in [2.75, 3.05) is 5.32 Å². The number of anilines is 1. The summed E-state index contributed by atoms with van der Waals surface area (Å²) < 4.78 is 30.7. The molecule has 138 valence electrons. The largest absolute Gasteiger partial charge is 0.442 e. The lowest BCUT2D eigenvalue weighted by Crippen LogP contribution is -2.34. The highest BCUT2D eigenvalue weighted by molar-refractivity contribution is 6.34. The second-order valence-corrected chi connectivity index (χ2v) is 6.18. The number of nitrogens with one attached hydrogen (secondary N) is 2. The Morgan fingerprint density at radius 3 is 2.31 bits per heavy atom. The van der Waals surface area contributed by atoms with Crippen LogP contribution in [-0.2, 0) is 0 Å². The molecule has 0 saturated carbocycles. The van der Waals surface area contributed by atoms with Crippen LogP contribution in [0.1, 0.15) is 10.4 Å². The summed E-state index contributed by atoms with van der Waals surface area (Å²) in [5, 5.41) is 1.45. The lowest BCUT2D eigenvalue weighted by molar-refractivity contribution is -0.0169. The molecule has 0 bridgehead atoms.